The van der Waals surface area contributed by atoms with Gasteiger partial charge in [0, 0.05) is 6.54 Å². The fourth-order valence-electron chi connectivity index (χ4n) is 2.62. The van der Waals surface area contributed by atoms with Crippen molar-refractivity contribution in [2.24, 2.45) is 5.92 Å². The molecule has 0 saturated carbocycles. The smallest absolute Gasteiger partial charge is 0.246 e. The minimum atomic E-state index is -0.640. The summed E-state index contributed by atoms with van der Waals surface area (Å²) in [5.74, 6) is 0.590. The molecule has 0 aromatic heterocycles. The standard InChI is InChI=1S/C14H26N2O2/c1-6-14(7-2)13(18)15-11(5)12(17)16(14)9-8-10(3)4/h10-11H,6-9H2,1-5H3,(H,15,18). The number of amides is 2. The second-order valence-corrected chi connectivity index (χ2v) is 5.61. The molecular weight excluding hydrogens is 228 g/mol. The van der Waals surface area contributed by atoms with E-state index in [1.807, 2.05) is 18.7 Å². The molecule has 1 rings (SSSR count). The van der Waals surface area contributed by atoms with Crippen molar-refractivity contribution in [1.29, 1.82) is 0 Å². The van der Waals surface area contributed by atoms with Crippen molar-refractivity contribution in [2.75, 3.05) is 6.54 Å². The quantitative estimate of drug-likeness (QED) is 0.815. The Hall–Kier alpha value is -1.06. The molecule has 4 nitrogen and oxygen atoms in total. The first-order valence-electron chi connectivity index (χ1n) is 7.01. The minimum Gasteiger partial charge on any atom is -0.343 e. The van der Waals surface area contributed by atoms with Gasteiger partial charge in [-0.15, -0.1) is 0 Å². The summed E-state index contributed by atoms with van der Waals surface area (Å²) in [6.45, 7) is 10.7. The van der Waals surface area contributed by atoms with Gasteiger partial charge in [-0.2, -0.15) is 0 Å². The molecule has 0 aromatic carbocycles. The van der Waals surface area contributed by atoms with Gasteiger partial charge in [-0.05, 0) is 32.1 Å². The van der Waals surface area contributed by atoms with Crippen molar-refractivity contribution in [3.05, 3.63) is 0 Å². The van der Waals surface area contributed by atoms with Gasteiger partial charge in [-0.25, -0.2) is 0 Å². The van der Waals surface area contributed by atoms with Crippen molar-refractivity contribution in [3.63, 3.8) is 0 Å². The Morgan fingerprint density at radius 3 is 2.28 bits per heavy atom. The molecule has 1 heterocycles. The van der Waals surface area contributed by atoms with Gasteiger partial charge < -0.3 is 10.2 Å². The molecule has 104 valence electrons. The summed E-state index contributed by atoms with van der Waals surface area (Å²) in [4.78, 5) is 26.4. The van der Waals surface area contributed by atoms with E-state index in [1.54, 1.807) is 6.92 Å². The van der Waals surface area contributed by atoms with Gasteiger partial charge in [0.2, 0.25) is 11.8 Å². The molecule has 0 aromatic rings. The molecule has 1 N–H and O–H groups in total. The highest BCUT2D eigenvalue weighted by Gasteiger charge is 2.48. The Bertz CT molecular complexity index is 322. The predicted molar refractivity (Wildman–Crippen MR) is 72.1 cm³/mol. The van der Waals surface area contributed by atoms with Crippen molar-refractivity contribution in [1.82, 2.24) is 10.2 Å². The van der Waals surface area contributed by atoms with Crippen LogP contribution in [0, 0.1) is 5.92 Å². The van der Waals surface area contributed by atoms with Crippen LogP contribution in [-0.4, -0.2) is 34.8 Å². The third-order valence-corrected chi connectivity index (χ3v) is 4.02. The van der Waals surface area contributed by atoms with E-state index < -0.39 is 11.6 Å². The van der Waals surface area contributed by atoms with Gasteiger partial charge in [0.05, 0.1) is 0 Å². The number of carbonyl (C=O) groups is 2. The van der Waals surface area contributed by atoms with Crippen molar-refractivity contribution in [2.45, 2.75) is 65.5 Å². The van der Waals surface area contributed by atoms with Crippen molar-refractivity contribution < 1.29 is 9.59 Å². The van der Waals surface area contributed by atoms with Crippen LogP contribution < -0.4 is 5.32 Å². The molecule has 0 spiro atoms. The molecule has 1 unspecified atom stereocenters. The zero-order valence-corrected chi connectivity index (χ0v) is 12.2. The van der Waals surface area contributed by atoms with Crippen LogP contribution in [0.1, 0.15) is 53.9 Å². The lowest BCUT2D eigenvalue weighted by atomic mass is 9.85. The van der Waals surface area contributed by atoms with Crippen molar-refractivity contribution >= 4 is 11.8 Å². The fourth-order valence-corrected chi connectivity index (χ4v) is 2.62. The first-order chi connectivity index (χ1) is 8.39. The highest BCUT2D eigenvalue weighted by molar-refractivity contribution is 5.99. The maximum atomic E-state index is 12.3. The van der Waals surface area contributed by atoms with Crippen molar-refractivity contribution in [3.8, 4) is 0 Å². The Kier molecular flexibility index (Phi) is 4.77. The van der Waals surface area contributed by atoms with Crippen LogP contribution >= 0.6 is 0 Å². The van der Waals surface area contributed by atoms with E-state index in [0.29, 0.717) is 25.3 Å². The first kappa shape index (κ1) is 15.0. The van der Waals surface area contributed by atoms with Crippen LogP contribution in [0.25, 0.3) is 0 Å². The SMILES string of the molecule is CCC1(CC)C(=O)NC(C)C(=O)N1CCC(C)C. The number of hydrogen-bond acceptors (Lipinski definition) is 2. The van der Waals surface area contributed by atoms with Crippen LogP contribution in [0.4, 0.5) is 0 Å². The van der Waals surface area contributed by atoms with Gasteiger partial charge >= 0.3 is 0 Å². The molecule has 1 atom stereocenters. The number of hydrogen-bond donors (Lipinski definition) is 1. The zero-order chi connectivity index (χ0) is 13.9. The van der Waals surface area contributed by atoms with Gasteiger partial charge in [-0.3, -0.25) is 9.59 Å². The number of carbonyl (C=O) groups excluding carboxylic acids is 2. The number of nitrogens with one attached hydrogen (secondary N) is 1. The molecule has 18 heavy (non-hydrogen) atoms. The van der Waals surface area contributed by atoms with E-state index in [0.717, 1.165) is 6.42 Å². The second kappa shape index (κ2) is 5.72. The number of rotatable bonds is 5. The second-order valence-electron chi connectivity index (χ2n) is 5.61. The topological polar surface area (TPSA) is 49.4 Å². The Morgan fingerprint density at radius 2 is 1.83 bits per heavy atom. The fraction of sp³-hybridized carbons (Fsp3) is 0.857. The maximum Gasteiger partial charge on any atom is 0.246 e. The highest BCUT2D eigenvalue weighted by Crippen LogP contribution is 2.29. The molecular formula is C14H26N2O2. The summed E-state index contributed by atoms with van der Waals surface area (Å²) >= 11 is 0. The van der Waals surface area contributed by atoms with Gasteiger partial charge in [0.15, 0.2) is 0 Å². The summed E-state index contributed by atoms with van der Waals surface area (Å²) in [6.07, 6.45) is 2.28. The molecule has 2 amide bonds. The van der Waals surface area contributed by atoms with Crippen LogP contribution in [0.2, 0.25) is 0 Å². The average Bonchev–Trinajstić information content (AvgIpc) is 2.32. The lowest BCUT2D eigenvalue weighted by Crippen LogP contribution is -2.69. The lowest BCUT2D eigenvalue weighted by Gasteiger charge is -2.47. The van der Waals surface area contributed by atoms with Crippen LogP contribution in [-0.2, 0) is 9.59 Å². The monoisotopic (exact) mass is 254 g/mol. The first-order valence-corrected chi connectivity index (χ1v) is 7.01. The normalized spacial score (nSPS) is 23.4. The molecule has 4 heteroatoms. The van der Waals surface area contributed by atoms with E-state index in [2.05, 4.69) is 19.2 Å². The van der Waals surface area contributed by atoms with Gasteiger partial charge in [0.1, 0.15) is 11.6 Å². The van der Waals surface area contributed by atoms with E-state index >= 15 is 0 Å². The van der Waals surface area contributed by atoms with Gasteiger partial charge in [-0.1, -0.05) is 27.7 Å². The molecule has 1 aliphatic heterocycles. The number of piperazine rings is 1. The van der Waals surface area contributed by atoms with E-state index in [1.165, 1.54) is 0 Å². The van der Waals surface area contributed by atoms with Crippen LogP contribution in [0.15, 0.2) is 0 Å². The molecule has 1 saturated heterocycles. The summed E-state index contributed by atoms with van der Waals surface area (Å²) in [5, 5.41) is 2.81. The molecule has 1 fully saturated rings. The molecule has 0 bridgehead atoms. The lowest BCUT2D eigenvalue weighted by molar-refractivity contribution is -0.158. The van der Waals surface area contributed by atoms with E-state index in [9.17, 15) is 9.59 Å². The molecule has 0 radical (unpaired) electrons. The molecule has 0 aliphatic carbocycles. The minimum absolute atomic E-state index is 0.00311. The Morgan fingerprint density at radius 1 is 1.28 bits per heavy atom. The zero-order valence-electron chi connectivity index (χ0n) is 12.2. The van der Waals surface area contributed by atoms with Crippen LogP contribution in [0.5, 0.6) is 0 Å². The van der Waals surface area contributed by atoms with E-state index in [4.69, 9.17) is 0 Å². The summed E-state index contributed by atoms with van der Waals surface area (Å²) < 4.78 is 0. The molecule has 1 aliphatic rings. The Balaban J connectivity index is 3.01. The maximum absolute atomic E-state index is 12.3. The third-order valence-electron chi connectivity index (χ3n) is 4.02. The summed E-state index contributed by atoms with van der Waals surface area (Å²) in [6, 6.07) is -0.393. The summed E-state index contributed by atoms with van der Waals surface area (Å²) in [5.41, 5.74) is -0.640. The van der Waals surface area contributed by atoms with E-state index in [-0.39, 0.29) is 11.8 Å². The predicted octanol–water partition coefficient (Wildman–Crippen LogP) is 1.94. The van der Waals surface area contributed by atoms with Crippen LogP contribution in [0.3, 0.4) is 0 Å². The third kappa shape index (κ3) is 2.52. The average molecular weight is 254 g/mol. The highest BCUT2D eigenvalue weighted by atomic mass is 16.2. The Labute approximate surface area is 110 Å². The van der Waals surface area contributed by atoms with Gasteiger partial charge in [0.25, 0.3) is 0 Å². The summed E-state index contributed by atoms with van der Waals surface area (Å²) in [7, 11) is 0. The largest absolute Gasteiger partial charge is 0.343 e. The number of nitrogens with zero attached hydrogens (tertiary/aromatic N) is 1.